The van der Waals surface area contributed by atoms with Crippen molar-refractivity contribution in [2.24, 2.45) is 0 Å². The summed E-state index contributed by atoms with van der Waals surface area (Å²) in [5.74, 6) is -0.337. The van der Waals surface area contributed by atoms with Gasteiger partial charge in [0.2, 0.25) is 5.91 Å². The van der Waals surface area contributed by atoms with Gasteiger partial charge in [-0.25, -0.2) is 0 Å². The molecule has 1 aromatic carbocycles. The molecule has 0 fully saturated rings. The Bertz CT molecular complexity index is 490. The first kappa shape index (κ1) is 17.8. The molecule has 0 unspecified atom stereocenters. The van der Waals surface area contributed by atoms with Crippen LogP contribution < -0.4 is 10.6 Å². The number of anilines is 1. The zero-order valence-electron chi connectivity index (χ0n) is 11.9. The molecule has 1 amide bonds. The van der Waals surface area contributed by atoms with Crippen LogP contribution in [0, 0.1) is 0 Å². The smallest absolute Gasteiger partial charge is 0.326 e. The van der Waals surface area contributed by atoms with Crippen molar-refractivity contribution in [3.63, 3.8) is 0 Å². The summed E-state index contributed by atoms with van der Waals surface area (Å²) in [5.41, 5.74) is -0.830. The largest absolute Gasteiger partial charge is 0.416 e. The fraction of sp³-hybridized carbons (Fsp3) is 0.500. The van der Waals surface area contributed by atoms with Gasteiger partial charge in [-0.3, -0.25) is 4.79 Å². The van der Waals surface area contributed by atoms with Gasteiger partial charge in [-0.1, -0.05) is 25.4 Å². The van der Waals surface area contributed by atoms with Crippen molar-refractivity contribution in [2.45, 2.75) is 38.9 Å². The zero-order valence-corrected chi connectivity index (χ0v) is 12.6. The molecule has 0 radical (unpaired) electrons. The summed E-state index contributed by atoms with van der Waals surface area (Å²) < 4.78 is 37.9. The Labute approximate surface area is 126 Å². The average molecular weight is 323 g/mol. The lowest BCUT2D eigenvalue weighted by Gasteiger charge is -2.11. The van der Waals surface area contributed by atoms with E-state index in [1.807, 2.05) is 13.8 Å². The number of benzene rings is 1. The van der Waals surface area contributed by atoms with Gasteiger partial charge in [0.05, 0.1) is 5.56 Å². The summed E-state index contributed by atoms with van der Waals surface area (Å²) in [4.78, 5) is 11.7. The van der Waals surface area contributed by atoms with Crippen molar-refractivity contribution in [2.75, 3.05) is 11.9 Å². The maximum absolute atomic E-state index is 12.6. The van der Waals surface area contributed by atoms with Crippen LogP contribution in [0.2, 0.25) is 5.02 Å². The quantitative estimate of drug-likeness (QED) is 0.775. The maximum atomic E-state index is 12.6. The van der Waals surface area contributed by atoms with Crippen LogP contribution in [0.1, 0.15) is 32.3 Å². The van der Waals surface area contributed by atoms with Gasteiger partial charge in [0.1, 0.15) is 0 Å². The number of carbonyl (C=O) groups excluding carboxylic acids is 1. The number of amides is 1. The van der Waals surface area contributed by atoms with Crippen molar-refractivity contribution in [1.29, 1.82) is 0 Å². The Morgan fingerprint density at radius 2 is 1.95 bits per heavy atom. The fourth-order valence-corrected chi connectivity index (χ4v) is 1.92. The molecule has 7 heteroatoms. The van der Waals surface area contributed by atoms with E-state index in [1.165, 1.54) is 6.07 Å². The number of hydrogen-bond acceptors (Lipinski definition) is 2. The normalized spacial score (nSPS) is 11.8. The Hall–Kier alpha value is -1.27. The van der Waals surface area contributed by atoms with Crippen LogP contribution in [0.3, 0.4) is 0 Å². The standard InChI is InChI=1S/C14H18ClF3N2O/c1-9(2)19-5-3-4-13(21)20-12-7-10(14(16,17)18)6-11(15)8-12/h6-9,19H,3-5H2,1-2H3,(H,20,21). The third-order valence-corrected chi connectivity index (χ3v) is 2.86. The molecule has 0 atom stereocenters. The van der Waals surface area contributed by atoms with E-state index in [0.717, 1.165) is 12.1 Å². The number of halogens is 4. The highest BCUT2D eigenvalue weighted by atomic mass is 35.5. The van der Waals surface area contributed by atoms with Crippen molar-refractivity contribution in [3.05, 3.63) is 28.8 Å². The zero-order chi connectivity index (χ0) is 16.0. The summed E-state index contributed by atoms with van der Waals surface area (Å²) in [7, 11) is 0. The lowest BCUT2D eigenvalue weighted by atomic mass is 10.2. The van der Waals surface area contributed by atoms with Gasteiger partial charge in [-0.2, -0.15) is 13.2 Å². The Kier molecular flexibility index (Phi) is 6.48. The highest BCUT2D eigenvalue weighted by molar-refractivity contribution is 6.31. The van der Waals surface area contributed by atoms with Crippen LogP contribution in [0.15, 0.2) is 18.2 Å². The highest BCUT2D eigenvalue weighted by Gasteiger charge is 2.31. The van der Waals surface area contributed by atoms with E-state index >= 15 is 0 Å². The van der Waals surface area contributed by atoms with Gasteiger partial charge in [0.25, 0.3) is 0 Å². The molecule has 118 valence electrons. The van der Waals surface area contributed by atoms with Crippen LogP contribution in [0.4, 0.5) is 18.9 Å². The van der Waals surface area contributed by atoms with E-state index in [0.29, 0.717) is 19.0 Å². The van der Waals surface area contributed by atoms with Gasteiger partial charge in [0.15, 0.2) is 0 Å². The van der Waals surface area contributed by atoms with Crippen molar-refractivity contribution in [1.82, 2.24) is 5.32 Å². The molecule has 3 nitrogen and oxygen atoms in total. The Balaban J connectivity index is 2.58. The number of nitrogens with one attached hydrogen (secondary N) is 2. The minimum atomic E-state index is -4.49. The van der Waals surface area contributed by atoms with Crippen LogP contribution in [0.5, 0.6) is 0 Å². The first-order valence-corrected chi connectivity index (χ1v) is 6.97. The van der Waals surface area contributed by atoms with E-state index < -0.39 is 11.7 Å². The van der Waals surface area contributed by atoms with Crippen LogP contribution in [-0.4, -0.2) is 18.5 Å². The Morgan fingerprint density at radius 3 is 2.52 bits per heavy atom. The number of hydrogen-bond donors (Lipinski definition) is 2. The molecule has 0 saturated carbocycles. The molecule has 0 aromatic heterocycles. The van der Waals surface area contributed by atoms with Gasteiger partial charge < -0.3 is 10.6 Å². The second-order valence-corrected chi connectivity index (χ2v) is 5.42. The molecule has 21 heavy (non-hydrogen) atoms. The molecule has 0 bridgehead atoms. The highest BCUT2D eigenvalue weighted by Crippen LogP contribution is 2.33. The second-order valence-electron chi connectivity index (χ2n) is 4.99. The number of rotatable bonds is 6. The molecule has 0 spiro atoms. The molecule has 0 aliphatic rings. The topological polar surface area (TPSA) is 41.1 Å². The number of carbonyl (C=O) groups is 1. The summed E-state index contributed by atoms with van der Waals surface area (Å²) in [6, 6.07) is 3.32. The SMILES string of the molecule is CC(C)NCCCC(=O)Nc1cc(Cl)cc(C(F)(F)F)c1. The summed E-state index contributed by atoms with van der Waals surface area (Å²) in [5, 5.41) is 5.52. The van der Waals surface area contributed by atoms with E-state index in [4.69, 9.17) is 11.6 Å². The van der Waals surface area contributed by atoms with Crippen molar-refractivity contribution < 1.29 is 18.0 Å². The molecule has 0 heterocycles. The van der Waals surface area contributed by atoms with Gasteiger partial charge >= 0.3 is 6.18 Å². The maximum Gasteiger partial charge on any atom is 0.416 e. The molecular formula is C14H18ClF3N2O. The van der Waals surface area contributed by atoms with Crippen LogP contribution in [0.25, 0.3) is 0 Å². The predicted molar refractivity (Wildman–Crippen MR) is 77.5 cm³/mol. The Morgan fingerprint density at radius 1 is 1.29 bits per heavy atom. The van der Waals surface area contributed by atoms with E-state index in [1.54, 1.807) is 0 Å². The first-order chi connectivity index (χ1) is 9.68. The monoisotopic (exact) mass is 322 g/mol. The molecular weight excluding hydrogens is 305 g/mol. The predicted octanol–water partition coefficient (Wildman–Crippen LogP) is 4.08. The van der Waals surface area contributed by atoms with Gasteiger partial charge in [0, 0.05) is 23.2 Å². The van der Waals surface area contributed by atoms with Crippen molar-refractivity contribution >= 4 is 23.2 Å². The number of alkyl halides is 3. The molecule has 0 aliphatic carbocycles. The van der Waals surface area contributed by atoms with Crippen LogP contribution >= 0.6 is 11.6 Å². The van der Waals surface area contributed by atoms with E-state index in [-0.39, 0.29) is 23.0 Å². The summed E-state index contributed by atoms with van der Waals surface area (Å²) in [6.07, 6.45) is -3.66. The lowest BCUT2D eigenvalue weighted by molar-refractivity contribution is -0.137. The van der Waals surface area contributed by atoms with Gasteiger partial charge in [-0.05, 0) is 31.2 Å². The summed E-state index contributed by atoms with van der Waals surface area (Å²) in [6.45, 7) is 4.66. The average Bonchev–Trinajstić information content (AvgIpc) is 2.32. The third kappa shape index (κ3) is 6.82. The molecule has 2 N–H and O–H groups in total. The molecule has 0 saturated heterocycles. The fourth-order valence-electron chi connectivity index (χ4n) is 1.69. The van der Waals surface area contributed by atoms with E-state index in [9.17, 15) is 18.0 Å². The first-order valence-electron chi connectivity index (χ1n) is 6.59. The summed E-state index contributed by atoms with van der Waals surface area (Å²) >= 11 is 5.64. The third-order valence-electron chi connectivity index (χ3n) is 2.64. The minimum absolute atomic E-state index is 0.0524. The molecule has 1 aromatic rings. The van der Waals surface area contributed by atoms with Crippen molar-refractivity contribution in [3.8, 4) is 0 Å². The van der Waals surface area contributed by atoms with Gasteiger partial charge in [-0.15, -0.1) is 0 Å². The second kappa shape index (κ2) is 7.66. The van der Waals surface area contributed by atoms with E-state index in [2.05, 4.69) is 10.6 Å². The minimum Gasteiger partial charge on any atom is -0.326 e. The van der Waals surface area contributed by atoms with Crippen LogP contribution in [-0.2, 0) is 11.0 Å². The lowest BCUT2D eigenvalue weighted by Crippen LogP contribution is -2.24. The molecule has 0 aliphatic heterocycles. The molecule has 1 rings (SSSR count).